The maximum atomic E-state index is 15.1. The van der Waals surface area contributed by atoms with E-state index in [1.54, 1.807) is 0 Å². The van der Waals surface area contributed by atoms with Crippen LogP contribution in [0.4, 0.5) is 0 Å². The molecular formula is C30H21N2O2P. The molecule has 7 rings (SSSR count). The number of fused-ring (bicyclic) bond motifs is 3. The summed E-state index contributed by atoms with van der Waals surface area (Å²) in [6.07, 6.45) is 0. The van der Waals surface area contributed by atoms with Crippen LogP contribution in [0, 0.1) is 6.92 Å². The molecule has 1 unspecified atom stereocenters. The van der Waals surface area contributed by atoms with E-state index in [4.69, 9.17) is 9.72 Å². The van der Waals surface area contributed by atoms with Crippen LogP contribution in [-0.2, 0) is 4.57 Å². The maximum absolute atomic E-state index is 15.1. The fourth-order valence-corrected chi connectivity index (χ4v) is 7.81. The highest BCUT2D eigenvalue weighted by molar-refractivity contribution is 7.85. The highest BCUT2D eigenvalue weighted by Crippen LogP contribution is 2.47. The van der Waals surface area contributed by atoms with Crippen molar-refractivity contribution in [1.29, 1.82) is 0 Å². The summed E-state index contributed by atoms with van der Waals surface area (Å²) in [5.74, 6) is 2.33. The van der Waals surface area contributed by atoms with Crippen LogP contribution in [0.5, 0.6) is 11.5 Å². The molecule has 35 heavy (non-hydrogen) atoms. The van der Waals surface area contributed by atoms with Gasteiger partial charge in [0, 0.05) is 15.9 Å². The van der Waals surface area contributed by atoms with Crippen LogP contribution in [0.15, 0.2) is 109 Å². The van der Waals surface area contributed by atoms with Gasteiger partial charge in [-0.2, -0.15) is 0 Å². The van der Waals surface area contributed by atoms with Gasteiger partial charge in [0.1, 0.15) is 11.3 Å². The molecule has 6 aromatic rings. The molecule has 1 aromatic heterocycles. The molecule has 0 amide bonds. The lowest BCUT2D eigenvalue weighted by molar-refractivity contribution is 0.475. The summed E-state index contributed by atoms with van der Waals surface area (Å²) < 4.78 is 23.6. The van der Waals surface area contributed by atoms with Crippen molar-refractivity contribution in [1.82, 2.24) is 9.55 Å². The summed E-state index contributed by atoms with van der Waals surface area (Å²) in [5.41, 5.74) is 2.78. The summed E-state index contributed by atoms with van der Waals surface area (Å²) in [5, 5.41) is 4.54. The van der Waals surface area contributed by atoms with Gasteiger partial charge in [-0.05, 0) is 54.1 Å². The lowest BCUT2D eigenvalue weighted by Gasteiger charge is -2.24. The Kier molecular flexibility index (Phi) is 4.30. The van der Waals surface area contributed by atoms with Crippen molar-refractivity contribution in [2.75, 3.05) is 0 Å². The van der Waals surface area contributed by atoms with Crippen molar-refractivity contribution in [3.63, 3.8) is 0 Å². The Morgan fingerprint density at radius 1 is 0.686 bits per heavy atom. The lowest BCUT2D eigenvalue weighted by atomic mass is 10.1. The molecule has 0 radical (unpaired) electrons. The third-order valence-corrected chi connectivity index (χ3v) is 9.83. The predicted molar refractivity (Wildman–Crippen MR) is 143 cm³/mol. The normalized spacial score (nSPS) is 13.9. The zero-order valence-electron chi connectivity index (χ0n) is 19.1. The van der Waals surface area contributed by atoms with Gasteiger partial charge >= 0.3 is 0 Å². The molecule has 1 aliphatic heterocycles. The van der Waals surface area contributed by atoms with Crippen molar-refractivity contribution < 1.29 is 9.30 Å². The quantitative estimate of drug-likeness (QED) is 0.286. The van der Waals surface area contributed by atoms with Gasteiger partial charge in [0.15, 0.2) is 18.6 Å². The summed E-state index contributed by atoms with van der Waals surface area (Å²) in [4.78, 5) is 4.71. The SMILES string of the molecule is Cc1nc2cccc3c2n1-c1ccc(P(=O)(c2ccccc2)c2ccc4ccccc4c2)cc1O3. The van der Waals surface area contributed by atoms with Gasteiger partial charge in [-0.3, -0.25) is 4.57 Å². The molecule has 0 N–H and O–H groups in total. The molecule has 4 nitrogen and oxygen atoms in total. The average Bonchev–Trinajstić information content (AvgIpc) is 3.25. The first kappa shape index (κ1) is 20.3. The topological polar surface area (TPSA) is 44.1 Å². The van der Waals surface area contributed by atoms with E-state index in [1.165, 1.54) is 0 Å². The minimum Gasteiger partial charge on any atom is -0.453 e. The van der Waals surface area contributed by atoms with E-state index in [-0.39, 0.29) is 0 Å². The summed E-state index contributed by atoms with van der Waals surface area (Å²) >= 11 is 0. The van der Waals surface area contributed by atoms with Gasteiger partial charge < -0.3 is 9.30 Å². The number of hydrogen-bond donors (Lipinski definition) is 0. The van der Waals surface area contributed by atoms with Crippen molar-refractivity contribution in [3.8, 4) is 17.2 Å². The molecule has 0 aliphatic carbocycles. The third-order valence-electron chi connectivity index (χ3n) is 6.79. The number of imidazole rings is 1. The van der Waals surface area contributed by atoms with E-state index >= 15 is 4.57 Å². The first-order valence-electron chi connectivity index (χ1n) is 11.6. The van der Waals surface area contributed by atoms with Gasteiger partial charge in [-0.1, -0.05) is 72.8 Å². The van der Waals surface area contributed by atoms with E-state index < -0.39 is 7.14 Å². The van der Waals surface area contributed by atoms with Gasteiger partial charge in [-0.25, -0.2) is 4.98 Å². The molecule has 168 valence electrons. The minimum absolute atomic E-state index is 0.681. The highest BCUT2D eigenvalue weighted by Gasteiger charge is 2.32. The number of aromatic nitrogens is 2. The van der Waals surface area contributed by atoms with Gasteiger partial charge in [0.2, 0.25) is 0 Å². The number of benzene rings is 5. The average molecular weight is 472 g/mol. The smallest absolute Gasteiger partial charge is 0.171 e. The Labute approximate surface area is 202 Å². The first-order valence-corrected chi connectivity index (χ1v) is 13.3. The van der Waals surface area contributed by atoms with Crippen LogP contribution >= 0.6 is 7.14 Å². The predicted octanol–water partition coefficient (Wildman–Crippen LogP) is 6.23. The molecule has 1 atom stereocenters. The molecule has 1 aliphatic rings. The molecule has 0 saturated carbocycles. The van der Waals surface area contributed by atoms with Crippen LogP contribution in [0.1, 0.15) is 5.82 Å². The maximum Gasteiger partial charge on any atom is 0.171 e. The van der Waals surface area contributed by atoms with Crippen LogP contribution in [0.3, 0.4) is 0 Å². The van der Waals surface area contributed by atoms with E-state index in [9.17, 15) is 0 Å². The summed E-state index contributed by atoms with van der Waals surface area (Å²) in [7, 11) is -3.17. The summed E-state index contributed by atoms with van der Waals surface area (Å²) in [6, 6.07) is 35.8. The minimum atomic E-state index is -3.17. The van der Waals surface area contributed by atoms with E-state index in [0.29, 0.717) is 5.75 Å². The van der Waals surface area contributed by atoms with Crippen LogP contribution in [0.25, 0.3) is 27.5 Å². The van der Waals surface area contributed by atoms with Crippen molar-refractivity contribution in [2.24, 2.45) is 0 Å². The Morgan fingerprint density at radius 2 is 1.43 bits per heavy atom. The number of aryl methyl sites for hydroxylation is 1. The van der Waals surface area contributed by atoms with E-state index in [1.807, 2.05) is 91.9 Å². The fourth-order valence-electron chi connectivity index (χ4n) is 5.13. The number of para-hydroxylation sites is 1. The molecule has 0 bridgehead atoms. The van der Waals surface area contributed by atoms with E-state index in [0.717, 1.165) is 55.0 Å². The summed E-state index contributed by atoms with van der Waals surface area (Å²) in [6.45, 7) is 2.00. The molecule has 0 spiro atoms. The molecule has 5 heteroatoms. The Hall–Kier alpha value is -4.14. The zero-order valence-corrected chi connectivity index (χ0v) is 19.9. The highest BCUT2D eigenvalue weighted by atomic mass is 31.2. The molecule has 5 aromatic carbocycles. The number of ether oxygens (including phenoxy) is 1. The fraction of sp³-hybridized carbons (Fsp3) is 0.0333. The van der Waals surface area contributed by atoms with Gasteiger partial charge in [-0.15, -0.1) is 0 Å². The lowest BCUT2D eigenvalue weighted by Crippen LogP contribution is -2.25. The monoisotopic (exact) mass is 472 g/mol. The second-order valence-electron chi connectivity index (χ2n) is 8.85. The van der Waals surface area contributed by atoms with Crippen LogP contribution in [-0.4, -0.2) is 9.55 Å². The molecule has 0 saturated heterocycles. The number of nitrogens with zero attached hydrogens (tertiary/aromatic N) is 2. The molecule has 0 fully saturated rings. The Morgan fingerprint density at radius 3 is 2.29 bits per heavy atom. The van der Waals surface area contributed by atoms with Crippen molar-refractivity contribution in [3.05, 3.63) is 115 Å². The molecular weight excluding hydrogens is 451 g/mol. The third kappa shape index (κ3) is 2.94. The largest absolute Gasteiger partial charge is 0.453 e. The first-order chi connectivity index (χ1) is 17.1. The van der Waals surface area contributed by atoms with Gasteiger partial charge in [0.05, 0.1) is 11.2 Å². The Bertz CT molecular complexity index is 1820. The standard InChI is InChI=1S/C30H21N2O2P/c1-20-31-26-12-7-13-28-30(26)32(20)27-17-16-25(19-29(27)34-28)35(33,23-10-3-2-4-11-23)24-15-14-21-8-5-6-9-22(21)18-24/h2-19H,1H3. The second kappa shape index (κ2) is 7.43. The van der Waals surface area contributed by atoms with E-state index in [2.05, 4.69) is 28.8 Å². The van der Waals surface area contributed by atoms with Crippen molar-refractivity contribution >= 4 is 44.9 Å². The second-order valence-corrected chi connectivity index (χ2v) is 11.6. The van der Waals surface area contributed by atoms with Crippen LogP contribution < -0.4 is 20.7 Å². The number of rotatable bonds is 3. The Balaban J connectivity index is 1.47. The van der Waals surface area contributed by atoms with Gasteiger partial charge in [0.25, 0.3) is 0 Å². The molecule has 2 heterocycles. The zero-order chi connectivity index (χ0) is 23.6. The number of hydrogen-bond acceptors (Lipinski definition) is 3. The van der Waals surface area contributed by atoms with Crippen molar-refractivity contribution in [2.45, 2.75) is 6.92 Å². The van der Waals surface area contributed by atoms with Crippen LogP contribution in [0.2, 0.25) is 0 Å².